The van der Waals surface area contributed by atoms with Crippen LogP contribution in [0.5, 0.6) is 0 Å². The van der Waals surface area contributed by atoms with Crippen molar-refractivity contribution in [3.8, 4) is 0 Å². The van der Waals surface area contributed by atoms with E-state index in [0.29, 0.717) is 6.42 Å². The largest absolute Gasteiger partial charge is 0.414 e. The third kappa shape index (κ3) is 2.36. The molecule has 1 aliphatic rings. The van der Waals surface area contributed by atoms with Crippen LogP contribution in [0.4, 0.5) is 13.2 Å². The molecule has 1 saturated heterocycles. The molecule has 1 heterocycles. The van der Waals surface area contributed by atoms with E-state index in [4.69, 9.17) is 0 Å². The number of halogens is 3. The van der Waals surface area contributed by atoms with Crippen LogP contribution in [0.15, 0.2) is 0 Å². The summed E-state index contributed by atoms with van der Waals surface area (Å²) in [7, 11) is 0. The molecule has 0 N–H and O–H groups in total. The molecule has 1 aliphatic heterocycles. The van der Waals surface area contributed by atoms with Crippen LogP contribution in [0.3, 0.4) is 0 Å². The van der Waals surface area contributed by atoms with Crippen LogP contribution in [0.2, 0.25) is 0 Å². The average molecular weight is 168 g/mol. The summed E-state index contributed by atoms with van der Waals surface area (Å²) in [6.07, 6.45) is -4.95. The molecule has 0 aromatic carbocycles. The summed E-state index contributed by atoms with van der Waals surface area (Å²) in [4.78, 5) is 0. The molecular weight excluding hydrogens is 157 g/mol. The van der Waals surface area contributed by atoms with Gasteiger partial charge < -0.3 is 4.74 Å². The Morgan fingerprint density at radius 3 is 2.27 bits per heavy atom. The third-order valence-electron chi connectivity index (χ3n) is 1.87. The Bertz CT molecular complexity index is 124. The number of hydrogen-bond donors (Lipinski definition) is 0. The Labute approximate surface area is 63.5 Å². The molecule has 2 unspecified atom stereocenters. The van der Waals surface area contributed by atoms with Crippen molar-refractivity contribution in [3.05, 3.63) is 0 Å². The maximum Gasteiger partial charge on any atom is 0.414 e. The van der Waals surface area contributed by atoms with E-state index in [1.165, 1.54) is 0 Å². The van der Waals surface area contributed by atoms with Gasteiger partial charge in [0.1, 0.15) is 0 Å². The predicted molar refractivity (Wildman–Crippen MR) is 34.2 cm³/mol. The van der Waals surface area contributed by atoms with Gasteiger partial charge in [-0.1, -0.05) is 6.92 Å². The van der Waals surface area contributed by atoms with Crippen LogP contribution in [0.1, 0.15) is 19.8 Å². The fourth-order valence-electron chi connectivity index (χ4n) is 1.14. The van der Waals surface area contributed by atoms with Crippen molar-refractivity contribution < 1.29 is 17.9 Å². The van der Waals surface area contributed by atoms with Crippen molar-refractivity contribution >= 4 is 0 Å². The average Bonchev–Trinajstić information content (AvgIpc) is 1.86. The number of rotatable bonds is 0. The van der Waals surface area contributed by atoms with E-state index in [1.54, 1.807) is 0 Å². The summed E-state index contributed by atoms with van der Waals surface area (Å²) in [5, 5.41) is 0. The molecule has 0 amide bonds. The summed E-state index contributed by atoms with van der Waals surface area (Å²) in [6, 6.07) is 0. The van der Waals surface area contributed by atoms with E-state index >= 15 is 0 Å². The monoisotopic (exact) mass is 168 g/mol. The van der Waals surface area contributed by atoms with Gasteiger partial charge in [-0.05, 0) is 18.8 Å². The van der Waals surface area contributed by atoms with E-state index in [9.17, 15) is 13.2 Å². The molecule has 1 rings (SSSR count). The molecule has 66 valence electrons. The van der Waals surface area contributed by atoms with Gasteiger partial charge in [0, 0.05) is 6.61 Å². The first-order chi connectivity index (χ1) is 5.00. The highest BCUT2D eigenvalue weighted by molar-refractivity contribution is 4.73. The molecule has 0 saturated carbocycles. The van der Waals surface area contributed by atoms with Gasteiger partial charge in [0.2, 0.25) is 0 Å². The van der Waals surface area contributed by atoms with Crippen LogP contribution in [-0.2, 0) is 4.74 Å². The maximum absolute atomic E-state index is 11.9. The van der Waals surface area contributed by atoms with Gasteiger partial charge in [0.05, 0.1) is 0 Å². The minimum absolute atomic E-state index is 0.116. The lowest BCUT2D eigenvalue weighted by Gasteiger charge is -2.28. The van der Waals surface area contributed by atoms with Crippen molar-refractivity contribution in [1.82, 2.24) is 0 Å². The van der Waals surface area contributed by atoms with Gasteiger partial charge in [-0.3, -0.25) is 0 Å². The summed E-state index contributed by atoms with van der Waals surface area (Å²) in [5.41, 5.74) is 0. The molecule has 0 spiro atoms. The molecule has 0 radical (unpaired) electrons. The molecular formula is C7H11F3O. The van der Waals surface area contributed by atoms with E-state index in [0.717, 1.165) is 0 Å². The van der Waals surface area contributed by atoms with E-state index in [2.05, 4.69) is 4.74 Å². The van der Waals surface area contributed by atoms with Crippen molar-refractivity contribution in [2.45, 2.75) is 32.0 Å². The summed E-state index contributed by atoms with van der Waals surface area (Å²) in [5.74, 6) is 0.272. The summed E-state index contributed by atoms with van der Waals surface area (Å²) in [6.45, 7) is 2.14. The van der Waals surface area contributed by atoms with Gasteiger partial charge in [-0.2, -0.15) is 13.2 Å². The number of hydrogen-bond acceptors (Lipinski definition) is 1. The zero-order valence-corrected chi connectivity index (χ0v) is 6.32. The molecule has 0 aromatic rings. The Balaban J connectivity index is 2.39. The molecule has 11 heavy (non-hydrogen) atoms. The van der Waals surface area contributed by atoms with E-state index in [-0.39, 0.29) is 18.9 Å². The molecule has 4 heteroatoms. The van der Waals surface area contributed by atoms with Gasteiger partial charge in [-0.25, -0.2) is 0 Å². The van der Waals surface area contributed by atoms with Crippen molar-refractivity contribution in [2.75, 3.05) is 6.61 Å². The zero-order chi connectivity index (χ0) is 8.48. The lowest BCUT2D eigenvalue weighted by molar-refractivity contribution is -0.234. The first-order valence-corrected chi connectivity index (χ1v) is 3.68. The minimum Gasteiger partial charge on any atom is -0.369 e. The van der Waals surface area contributed by atoms with Gasteiger partial charge in [0.25, 0.3) is 0 Å². The molecule has 1 nitrogen and oxygen atoms in total. The molecule has 1 fully saturated rings. The fourth-order valence-corrected chi connectivity index (χ4v) is 1.14. The second-order valence-electron chi connectivity index (χ2n) is 3.05. The standard InChI is InChI=1S/C7H11F3O/c1-5-2-3-6(11-4-5)7(8,9)10/h5-6H,2-4H2,1H3. The zero-order valence-electron chi connectivity index (χ0n) is 6.32. The lowest BCUT2D eigenvalue weighted by atomic mass is 10.0. The first kappa shape index (κ1) is 8.84. The highest BCUT2D eigenvalue weighted by Gasteiger charge is 2.42. The second kappa shape index (κ2) is 3.01. The van der Waals surface area contributed by atoms with Gasteiger partial charge in [0.15, 0.2) is 6.10 Å². The highest BCUT2D eigenvalue weighted by Crippen LogP contribution is 2.31. The summed E-state index contributed by atoms with van der Waals surface area (Å²) < 4.78 is 40.5. The topological polar surface area (TPSA) is 9.23 Å². The Morgan fingerprint density at radius 2 is 1.91 bits per heavy atom. The van der Waals surface area contributed by atoms with E-state index < -0.39 is 12.3 Å². The van der Waals surface area contributed by atoms with Gasteiger partial charge >= 0.3 is 6.18 Å². The Hall–Kier alpha value is -0.250. The van der Waals surface area contributed by atoms with Crippen LogP contribution in [0, 0.1) is 5.92 Å². The summed E-state index contributed by atoms with van der Waals surface area (Å²) >= 11 is 0. The highest BCUT2D eigenvalue weighted by atomic mass is 19.4. The molecule has 0 aromatic heterocycles. The Morgan fingerprint density at radius 1 is 1.27 bits per heavy atom. The SMILES string of the molecule is CC1CCC(C(F)(F)F)OC1. The van der Waals surface area contributed by atoms with Gasteiger partial charge in [-0.15, -0.1) is 0 Å². The maximum atomic E-state index is 11.9. The van der Waals surface area contributed by atoms with Crippen LogP contribution < -0.4 is 0 Å². The molecule has 0 bridgehead atoms. The predicted octanol–water partition coefficient (Wildman–Crippen LogP) is 2.36. The number of alkyl halides is 3. The van der Waals surface area contributed by atoms with Crippen LogP contribution in [0.25, 0.3) is 0 Å². The second-order valence-corrected chi connectivity index (χ2v) is 3.05. The van der Waals surface area contributed by atoms with E-state index in [1.807, 2.05) is 6.92 Å². The fraction of sp³-hybridized carbons (Fsp3) is 1.00. The quantitative estimate of drug-likeness (QED) is 0.539. The Kier molecular flexibility index (Phi) is 2.42. The molecule has 2 atom stereocenters. The normalized spacial score (nSPS) is 33.8. The van der Waals surface area contributed by atoms with Crippen molar-refractivity contribution in [2.24, 2.45) is 5.92 Å². The third-order valence-corrected chi connectivity index (χ3v) is 1.87. The smallest absolute Gasteiger partial charge is 0.369 e. The van der Waals surface area contributed by atoms with Crippen molar-refractivity contribution in [3.63, 3.8) is 0 Å². The molecule has 0 aliphatic carbocycles. The first-order valence-electron chi connectivity index (χ1n) is 3.68. The van der Waals surface area contributed by atoms with Crippen LogP contribution >= 0.6 is 0 Å². The van der Waals surface area contributed by atoms with Crippen molar-refractivity contribution in [1.29, 1.82) is 0 Å². The number of ether oxygens (including phenoxy) is 1. The lowest BCUT2D eigenvalue weighted by Crippen LogP contribution is -2.36. The minimum atomic E-state index is -4.17. The van der Waals surface area contributed by atoms with Crippen LogP contribution in [-0.4, -0.2) is 18.9 Å².